The molecular formula is C19H19ClN4O3S. The summed E-state index contributed by atoms with van der Waals surface area (Å²) in [4.78, 5) is 12.8. The highest BCUT2D eigenvalue weighted by molar-refractivity contribution is 7.90. The number of benzene rings is 1. The van der Waals surface area contributed by atoms with Crippen molar-refractivity contribution in [1.29, 1.82) is 0 Å². The van der Waals surface area contributed by atoms with Crippen LogP contribution in [0.4, 0.5) is 0 Å². The van der Waals surface area contributed by atoms with Crippen molar-refractivity contribution in [3.05, 3.63) is 65.6 Å². The molecule has 1 N–H and O–H groups in total. The van der Waals surface area contributed by atoms with Crippen LogP contribution >= 0.6 is 11.6 Å². The minimum Gasteiger partial charge on any atom is -0.386 e. The molecule has 7 nitrogen and oxygen atoms in total. The van der Waals surface area contributed by atoms with Crippen molar-refractivity contribution in [2.24, 2.45) is 0 Å². The van der Waals surface area contributed by atoms with E-state index in [0.29, 0.717) is 5.39 Å². The Balaban J connectivity index is 2.08. The van der Waals surface area contributed by atoms with Crippen molar-refractivity contribution < 1.29 is 13.2 Å². The number of carbonyl (C=O) groups excluding carboxylic acids is 1. The number of carbonyl (C=O) groups is 1. The fourth-order valence-electron chi connectivity index (χ4n) is 2.54. The summed E-state index contributed by atoms with van der Waals surface area (Å²) in [6, 6.07) is 9.44. The molecule has 0 aliphatic heterocycles. The molecule has 0 fully saturated rings. The molecule has 0 spiro atoms. The lowest BCUT2D eigenvalue weighted by molar-refractivity contribution is 0.104. The Morgan fingerprint density at radius 1 is 1.14 bits per heavy atom. The number of rotatable bonds is 5. The van der Waals surface area contributed by atoms with Crippen LogP contribution in [-0.4, -0.2) is 33.9 Å². The second kappa shape index (κ2) is 7.37. The molecule has 28 heavy (non-hydrogen) atoms. The highest BCUT2D eigenvalue weighted by atomic mass is 35.5. The van der Waals surface area contributed by atoms with E-state index in [1.165, 1.54) is 36.7 Å². The van der Waals surface area contributed by atoms with Gasteiger partial charge in [0.15, 0.2) is 16.6 Å². The number of nitrogens with zero attached hydrogens (tertiary/aromatic N) is 3. The third-order valence-electron chi connectivity index (χ3n) is 3.83. The Bertz CT molecular complexity index is 1160. The van der Waals surface area contributed by atoms with Crippen LogP contribution in [0.3, 0.4) is 0 Å². The molecule has 0 atom stereocenters. The molecular weight excluding hydrogens is 400 g/mol. The number of hydrogen-bond acceptors (Lipinski definition) is 6. The zero-order chi connectivity index (χ0) is 20.5. The molecule has 0 aliphatic rings. The molecule has 3 rings (SSSR count). The fourth-order valence-corrected chi connectivity index (χ4v) is 4.08. The van der Waals surface area contributed by atoms with E-state index < -0.39 is 15.8 Å². The maximum Gasteiger partial charge on any atom is 0.269 e. The van der Waals surface area contributed by atoms with Gasteiger partial charge in [0.05, 0.1) is 10.5 Å². The summed E-state index contributed by atoms with van der Waals surface area (Å²) in [5.41, 5.74) is -0.0751. The summed E-state index contributed by atoms with van der Waals surface area (Å²) in [6.45, 7) is 5.86. The summed E-state index contributed by atoms with van der Waals surface area (Å²) < 4.78 is 26.8. The lowest BCUT2D eigenvalue weighted by Gasteiger charge is -2.18. The first kappa shape index (κ1) is 20.0. The Morgan fingerprint density at radius 3 is 2.46 bits per heavy atom. The van der Waals surface area contributed by atoms with E-state index >= 15 is 0 Å². The lowest BCUT2D eigenvalue weighted by atomic mass is 10.1. The van der Waals surface area contributed by atoms with E-state index in [1.807, 2.05) is 20.8 Å². The summed E-state index contributed by atoms with van der Waals surface area (Å²) >= 11 is 6.10. The standard InChI is InChI=1S/C19H19ClN4O3S/c1-19(2,3)21-11-9-15(25)16-14-10-12-24(18(14)23-22-17(16)20)28(26,27)13-7-5-4-6-8-13/h4-12,21H,1-3H3/b11-9+. The van der Waals surface area contributed by atoms with Crippen LogP contribution in [0.25, 0.3) is 11.0 Å². The van der Waals surface area contributed by atoms with Gasteiger partial charge in [-0.2, -0.15) is 0 Å². The molecule has 9 heteroatoms. The van der Waals surface area contributed by atoms with E-state index in [4.69, 9.17) is 11.6 Å². The molecule has 0 unspecified atom stereocenters. The lowest BCUT2D eigenvalue weighted by Crippen LogP contribution is -2.31. The summed E-state index contributed by atoms with van der Waals surface area (Å²) in [5.74, 6) is -0.406. The maximum absolute atomic E-state index is 12.9. The van der Waals surface area contributed by atoms with Crippen LogP contribution in [0.1, 0.15) is 31.1 Å². The minimum atomic E-state index is -3.88. The van der Waals surface area contributed by atoms with Crippen LogP contribution in [-0.2, 0) is 10.0 Å². The molecule has 2 heterocycles. The minimum absolute atomic E-state index is 0.0359. The SMILES string of the molecule is CC(C)(C)N/C=C/C(=O)c1c(Cl)nnc2c1ccn2S(=O)(=O)c1ccccc1. The first-order valence-corrected chi connectivity index (χ1v) is 10.3. The van der Waals surface area contributed by atoms with Crippen LogP contribution in [0.5, 0.6) is 0 Å². The van der Waals surface area contributed by atoms with Crippen LogP contribution in [0.15, 0.2) is 59.8 Å². The average molecular weight is 419 g/mol. The molecule has 0 amide bonds. The van der Waals surface area contributed by atoms with Gasteiger partial charge in [-0.25, -0.2) is 12.4 Å². The van der Waals surface area contributed by atoms with Gasteiger partial charge in [-0.15, -0.1) is 10.2 Å². The molecule has 0 radical (unpaired) electrons. The summed E-state index contributed by atoms with van der Waals surface area (Å²) in [5, 5.41) is 11.0. The van der Waals surface area contributed by atoms with Gasteiger partial charge in [-0.1, -0.05) is 29.8 Å². The number of ketones is 1. The smallest absolute Gasteiger partial charge is 0.269 e. The molecule has 0 saturated carbocycles. The third kappa shape index (κ3) is 3.93. The maximum atomic E-state index is 12.9. The first-order valence-electron chi connectivity index (χ1n) is 8.44. The molecule has 3 aromatic rings. The predicted molar refractivity (Wildman–Crippen MR) is 108 cm³/mol. The second-order valence-electron chi connectivity index (χ2n) is 7.12. The van der Waals surface area contributed by atoms with Gasteiger partial charge in [0.2, 0.25) is 0 Å². The number of fused-ring (bicyclic) bond motifs is 1. The number of aromatic nitrogens is 3. The van der Waals surface area contributed by atoms with E-state index in [2.05, 4.69) is 15.5 Å². The average Bonchev–Trinajstić information content (AvgIpc) is 3.05. The van der Waals surface area contributed by atoms with Crippen molar-refractivity contribution in [2.75, 3.05) is 0 Å². The van der Waals surface area contributed by atoms with Gasteiger partial charge >= 0.3 is 0 Å². The number of allylic oxidation sites excluding steroid dienone is 1. The van der Waals surface area contributed by atoms with Gasteiger partial charge in [0.1, 0.15) is 0 Å². The van der Waals surface area contributed by atoms with Crippen LogP contribution in [0, 0.1) is 0 Å². The van der Waals surface area contributed by atoms with Gasteiger partial charge in [0.25, 0.3) is 10.0 Å². The van der Waals surface area contributed by atoms with Crippen molar-refractivity contribution in [3.8, 4) is 0 Å². The molecule has 1 aromatic carbocycles. The Morgan fingerprint density at radius 2 is 1.82 bits per heavy atom. The van der Waals surface area contributed by atoms with E-state index in [0.717, 1.165) is 3.97 Å². The van der Waals surface area contributed by atoms with Crippen molar-refractivity contribution in [2.45, 2.75) is 31.2 Å². The monoisotopic (exact) mass is 418 g/mol. The second-order valence-corrected chi connectivity index (χ2v) is 9.30. The van der Waals surface area contributed by atoms with E-state index in [1.54, 1.807) is 18.2 Å². The van der Waals surface area contributed by atoms with E-state index in [9.17, 15) is 13.2 Å². The largest absolute Gasteiger partial charge is 0.386 e. The van der Waals surface area contributed by atoms with Gasteiger partial charge in [0, 0.05) is 29.4 Å². The quantitative estimate of drug-likeness (QED) is 0.504. The van der Waals surface area contributed by atoms with Gasteiger partial charge in [-0.3, -0.25) is 4.79 Å². The first-order chi connectivity index (χ1) is 13.1. The van der Waals surface area contributed by atoms with Crippen LogP contribution in [0.2, 0.25) is 5.15 Å². The Hall–Kier alpha value is -2.71. The van der Waals surface area contributed by atoms with Gasteiger partial charge in [-0.05, 0) is 39.0 Å². The Labute approximate surface area is 168 Å². The Kier molecular flexibility index (Phi) is 5.27. The highest BCUT2D eigenvalue weighted by Gasteiger charge is 2.23. The van der Waals surface area contributed by atoms with Crippen molar-refractivity contribution >= 4 is 38.4 Å². The molecule has 0 saturated heterocycles. The molecule has 0 aliphatic carbocycles. The fraction of sp³-hybridized carbons (Fsp3) is 0.211. The van der Waals surface area contributed by atoms with E-state index in [-0.39, 0.29) is 26.8 Å². The zero-order valence-electron chi connectivity index (χ0n) is 15.5. The summed E-state index contributed by atoms with van der Waals surface area (Å²) in [7, 11) is -3.88. The normalized spacial score (nSPS) is 12.6. The third-order valence-corrected chi connectivity index (χ3v) is 5.78. The van der Waals surface area contributed by atoms with Crippen molar-refractivity contribution in [1.82, 2.24) is 19.5 Å². The van der Waals surface area contributed by atoms with Gasteiger partial charge < -0.3 is 5.32 Å². The number of halogens is 1. The molecule has 146 valence electrons. The highest BCUT2D eigenvalue weighted by Crippen LogP contribution is 2.27. The van der Waals surface area contributed by atoms with Crippen molar-refractivity contribution in [3.63, 3.8) is 0 Å². The zero-order valence-corrected chi connectivity index (χ0v) is 17.1. The number of hydrogen-bond donors (Lipinski definition) is 1. The topological polar surface area (TPSA) is 93.9 Å². The summed E-state index contributed by atoms with van der Waals surface area (Å²) in [6.07, 6.45) is 4.20. The molecule has 0 bridgehead atoms. The number of nitrogens with one attached hydrogen (secondary N) is 1. The molecule has 2 aromatic heterocycles. The van der Waals surface area contributed by atoms with Crippen LogP contribution < -0.4 is 5.32 Å². The predicted octanol–water partition coefficient (Wildman–Crippen LogP) is 3.41.